The third-order valence-corrected chi connectivity index (χ3v) is 2.42. The van der Waals surface area contributed by atoms with Crippen LogP contribution < -0.4 is 0 Å². The standard InChI is InChI=1S/C9H5BrF3N/c10-8-3-1-2-7(9(11,12)13)6(8)4-5-14/h1-3H,4H2. The van der Waals surface area contributed by atoms with Gasteiger partial charge in [0.25, 0.3) is 0 Å². The molecule has 0 aromatic heterocycles. The van der Waals surface area contributed by atoms with Crippen molar-refractivity contribution >= 4 is 15.9 Å². The van der Waals surface area contributed by atoms with Gasteiger partial charge in [0, 0.05) is 4.47 Å². The summed E-state index contributed by atoms with van der Waals surface area (Å²) in [4.78, 5) is 0. The molecular formula is C9H5BrF3N. The van der Waals surface area contributed by atoms with E-state index < -0.39 is 11.7 Å². The maximum Gasteiger partial charge on any atom is 0.416 e. The van der Waals surface area contributed by atoms with Crippen LogP contribution in [0.5, 0.6) is 0 Å². The van der Waals surface area contributed by atoms with Crippen molar-refractivity contribution < 1.29 is 13.2 Å². The van der Waals surface area contributed by atoms with Crippen molar-refractivity contribution in [3.8, 4) is 6.07 Å². The molecule has 0 aliphatic carbocycles. The number of hydrogen-bond donors (Lipinski definition) is 0. The molecule has 74 valence electrons. The third-order valence-electron chi connectivity index (χ3n) is 1.68. The Labute approximate surface area is 87.3 Å². The second-order valence-electron chi connectivity index (χ2n) is 2.60. The van der Waals surface area contributed by atoms with Crippen molar-refractivity contribution in [2.24, 2.45) is 0 Å². The van der Waals surface area contributed by atoms with Gasteiger partial charge in [0.15, 0.2) is 0 Å². The number of hydrogen-bond acceptors (Lipinski definition) is 1. The minimum absolute atomic E-state index is 0.0116. The molecule has 0 N–H and O–H groups in total. The zero-order chi connectivity index (χ0) is 10.8. The summed E-state index contributed by atoms with van der Waals surface area (Å²) in [5.74, 6) is 0. The highest BCUT2D eigenvalue weighted by atomic mass is 79.9. The molecule has 0 aliphatic rings. The molecule has 1 aromatic carbocycles. The van der Waals surface area contributed by atoms with Gasteiger partial charge in [-0.25, -0.2) is 0 Å². The lowest BCUT2D eigenvalue weighted by Gasteiger charge is -2.11. The van der Waals surface area contributed by atoms with E-state index in [1.807, 2.05) is 0 Å². The second-order valence-corrected chi connectivity index (χ2v) is 3.45. The van der Waals surface area contributed by atoms with Gasteiger partial charge in [-0.1, -0.05) is 22.0 Å². The van der Waals surface area contributed by atoms with Crippen LogP contribution in [0.1, 0.15) is 11.1 Å². The van der Waals surface area contributed by atoms with E-state index in [1.165, 1.54) is 12.1 Å². The molecule has 1 aromatic rings. The van der Waals surface area contributed by atoms with E-state index in [4.69, 9.17) is 5.26 Å². The van der Waals surface area contributed by atoms with E-state index in [0.717, 1.165) is 6.07 Å². The summed E-state index contributed by atoms with van der Waals surface area (Å²) in [5.41, 5.74) is -0.768. The van der Waals surface area contributed by atoms with Crippen molar-refractivity contribution in [2.75, 3.05) is 0 Å². The zero-order valence-corrected chi connectivity index (χ0v) is 8.48. The Morgan fingerprint density at radius 1 is 1.36 bits per heavy atom. The predicted molar refractivity (Wildman–Crippen MR) is 48.5 cm³/mol. The van der Waals surface area contributed by atoms with Crippen LogP contribution in [0.25, 0.3) is 0 Å². The highest BCUT2D eigenvalue weighted by Crippen LogP contribution is 2.35. The van der Waals surface area contributed by atoms with Crippen LogP contribution in [0, 0.1) is 11.3 Å². The Morgan fingerprint density at radius 3 is 2.50 bits per heavy atom. The van der Waals surface area contributed by atoms with Gasteiger partial charge >= 0.3 is 6.18 Å². The van der Waals surface area contributed by atoms with E-state index in [1.54, 1.807) is 6.07 Å². The number of benzene rings is 1. The highest BCUT2D eigenvalue weighted by molar-refractivity contribution is 9.10. The first-order valence-electron chi connectivity index (χ1n) is 3.68. The minimum Gasteiger partial charge on any atom is -0.198 e. The number of halogens is 4. The summed E-state index contributed by atoms with van der Waals surface area (Å²) < 4.78 is 37.6. The van der Waals surface area contributed by atoms with Crippen LogP contribution in [0.2, 0.25) is 0 Å². The minimum atomic E-state index is -4.41. The molecule has 0 bridgehead atoms. The van der Waals surface area contributed by atoms with Gasteiger partial charge in [0.2, 0.25) is 0 Å². The van der Waals surface area contributed by atoms with Crippen LogP contribution in [-0.2, 0) is 12.6 Å². The van der Waals surface area contributed by atoms with Crippen molar-refractivity contribution in [3.05, 3.63) is 33.8 Å². The number of rotatable bonds is 1. The van der Waals surface area contributed by atoms with Crippen LogP contribution in [0.3, 0.4) is 0 Å². The topological polar surface area (TPSA) is 23.8 Å². The molecule has 1 nitrogen and oxygen atoms in total. The molecule has 0 saturated carbocycles. The number of nitriles is 1. The Bertz CT molecular complexity index is 379. The molecule has 0 aliphatic heterocycles. The Balaban J connectivity index is 3.30. The molecule has 0 heterocycles. The molecule has 0 radical (unpaired) electrons. The van der Waals surface area contributed by atoms with Gasteiger partial charge in [-0.15, -0.1) is 0 Å². The smallest absolute Gasteiger partial charge is 0.198 e. The van der Waals surface area contributed by atoms with E-state index in [-0.39, 0.29) is 12.0 Å². The fourth-order valence-electron chi connectivity index (χ4n) is 1.08. The lowest BCUT2D eigenvalue weighted by Crippen LogP contribution is -2.09. The average Bonchev–Trinajstić information content (AvgIpc) is 2.07. The molecule has 1 rings (SSSR count). The van der Waals surface area contributed by atoms with E-state index >= 15 is 0 Å². The van der Waals surface area contributed by atoms with Gasteiger partial charge in [-0.2, -0.15) is 18.4 Å². The normalized spacial score (nSPS) is 11.1. The molecule has 0 fully saturated rings. The molecule has 0 amide bonds. The Morgan fingerprint density at radius 2 is 2.00 bits per heavy atom. The summed E-state index contributed by atoms with van der Waals surface area (Å²) in [7, 11) is 0. The van der Waals surface area contributed by atoms with Crippen LogP contribution >= 0.6 is 15.9 Å². The third kappa shape index (κ3) is 2.26. The molecule has 14 heavy (non-hydrogen) atoms. The van der Waals surface area contributed by atoms with Gasteiger partial charge in [-0.3, -0.25) is 0 Å². The lowest BCUT2D eigenvalue weighted by atomic mass is 10.1. The molecule has 0 unspecified atom stereocenters. The van der Waals surface area contributed by atoms with Crippen molar-refractivity contribution in [2.45, 2.75) is 12.6 Å². The highest BCUT2D eigenvalue weighted by Gasteiger charge is 2.33. The van der Waals surface area contributed by atoms with E-state index in [9.17, 15) is 13.2 Å². The van der Waals surface area contributed by atoms with E-state index in [2.05, 4.69) is 15.9 Å². The Kier molecular flexibility index (Phi) is 3.17. The maximum absolute atomic E-state index is 12.4. The first kappa shape index (κ1) is 11.1. The predicted octanol–water partition coefficient (Wildman–Crippen LogP) is 3.53. The molecule has 0 atom stereocenters. The molecule has 0 saturated heterocycles. The summed E-state index contributed by atoms with van der Waals surface area (Å²) in [6.07, 6.45) is -4.66. The maximum atomic E-state index is 12.4. The monoisotopic (exact) mass is 263 g/mol. The van der Waals surface area contributed by atoms with Crippen molar-refractivity contribution in [1.82, 2.24) is 0 Å². The number of nitrogens with zero attached hydrogens (tertiary/aromatic N) is 1. The second kappa shape index (κ2) is 4.01. The summed E-state index contributed by atoms with van der Waals surface area (Å²) >= 11 is 2.99. The first-order valence-corrected chi connectivity index (χ1v) is 4.47. The van der Waals surface area contributed by atoms with Crippen LogP contribution in [0.4, 0.5) is 13.2 Å². The van der Waals surface area contributed by atoms with Crippen LogP contribution in [-0.4, -0.2) is 0 Å². The summed E-state index contributed by atoms with van der Waals surface area (Å²) in [5, 5.41) is 8.40. The van der Waals surface area contributed by atoms with E-state index in [0.29, 0.717) is 4.47 Å². The van der Waals surface area contributed by atoms with Crippen LogP contribution in [0.15, 0.2) is 22.7 Å². The largest absolute Gasteiger partial charge is 0.416 e. The van der Waals surface area contributed by atoms with Gasteiger partial charge < -0.3 is 0 Å². The quantitative estimate of drug-likeness (QED) is 0.761. The van der Waals surface area contributed by atoms with Gasteiger partial charge in [0.05, 0.1) is 18.1 Å². The average molecular weight is 264 g/mol. The molecule has 5 heteroatoms. The van der Waals surface area contributed by atoms with Gasteiger partial charge in [-0.05, 0) is 17.7 Å². The molecular weight excluding hydrogens is 259 g/mol. The summed E-state index contributed by atoms with van der Waals surface area (Å²) in [6.45, 7) is 0. The fraction of sp³-hybridized carbons (Fsp3) is 0.222. The lowest BCUT2D eigenvalue weighted by molar-refractivity contribution is -0.138. The number of alkyl halides is 3. The first-order chi connectivity index (χ1) is 6.46. The Hall–Kier alpha value is -1.02. The molecule has 0 spiro atoms. The zero-order valence-electron chi connectivity index (χ0n) is 6.90. The van der Waals surface area contributed by atoms with Crippen molar-refractivity contribution in [3.63, 3.8) is 0 Å². The fourth-order valence-corrected chi connectivity index (χ4v) is 1.59. The summed E-state index contributed by atoms with van der Waals surface area (Å²) in [6, 6.07) is 5.46. The SMILES string of the molecule is N#CCc1c(Br)cccc1C(F)(F)F. The van der Waals surface area contributed by atoms with Crippen molar-refractivity contribution in [1.29, 1.82) is 5.26 Å². The van der Waals surface area contributed by atoms with Gasteiger partial charge in [0.1, 0.15) is 0 Å².